The molecule has 0 N–H and O–H groups in total. The molecule has 28 heavy (non-hydrogen) atoms. The van der Waals surface area contributed by atoms with Crippen LogP contribution in [0.5, 0.6) is 5.75 Å². The van der Waals surface area contributed by atoms with Gasteiger partial charge >= 0.3 is 11.6 Å². The Morgan fingerprint density at radius 1 is 1.11 bits per heavy atom. The van der Waals surface area contributed by atoms with Crippen molar-refractivity contribution in [3.63, 3.8) is 0 Å². The first-order valence-electron chi connectivity index (χ1n) is 9.46. The maximum atomic E-state index is 11.9. The van der Waals surface area contributed by atoms with Crippen LogP contribution in [-0.4, -0.2) is 12.6 Å². The third-order valence-corrected chi connectivity index (χ3v) is 4.44. The van der Waals surface area contributed by atoms with Crippen LogP contribution in [0.1, 0.15) is 36.5 Å². The van der Waals surface area contributed by atoms with Crippen molar-refractivity contribution in [1.82, 2.24) is 0 Å². The third-order valence-electron chi connectivity index (χ3n) is 4.44. The van der Waals surface area contributed by atoms with Crippen molar-refractivity contribution in [3.8, 4) is 5.75 Å². The highest BCUT2D eigenvalue weighted by Crippen LogP contribution is 2.29. The molecule has 3 rings (SSSR count). The van der Waals surface area contributed by atoms with Gasteiger partial charge in [0.2, 0.25) is 0 Å². The van der Waals surface area contributed by atoms with E-state index in [1.54, 1.807) is 6.07 Å². The summed E-state index contributed by atoms with van der Waals surface area (Å²) in [5.74, 6) is 0.376. The van der Waals surface area contributed by atoms with E-state index in [1.807, 2.05) is 50.2 Å². The van der Waals surface area contributed by atoms with Crippen LogP contribution in [0.3, 0.4) is 0 Å². The van der Waals surface area contributed by atoms with Crippen molar-refractivity contribution >= 4 is 16.9 Å². The van der Waals surface area contributed by atoms with E-state index in [2.05, 4.69) is 0 Å². The van der Waals surface area contributed by atoms with Gasteiger partial charge in [0.15, 0.2) is 0 Å². The molecular weight excluding hydrogens is 356 g/mol. The Kier molecular flexibility index (Phi) is 6.48. The fourth-order valence-electron chi connectivity index (χ4n) is 2.98. The summed E-state index contributed by atoms with van der Waals surface area (Å²) in [5.41, 5.74) is 2.83. The van der Waals surface area contributed by atoms with Gasteiger partial charge in [0.05, 0.1) is 6.61 Å². The molecule has 5 nitrogen and oxygen atoms in total. The second-order valence-electron chi connectivity index (χ2n) is 6.70. The highest BCUT2D eigenvalue weighted by atomic mass is 16.5. The van der Waals surface area contributed by atoms with Crippen LogP contribution in [0.25, 0.3) is 11.0 Å². The number of rotatable bonds is 8. The average Bonchev–Trinajstić information content (AvgIpc) is 2.69. The van der Waals surface area contributed by atoms with Crippen molar-refractivity contribution in [1.29, 1.82) is 0 Å². The predicted octanol–water partition coefficient (Wildman–Crippen LogP) is 4.57. The van der Waals surface area contributed by atoms with Gasteiger partial charge < -0.3 is 13.9 Å². The zero-order chi connectivity index (χ0) is 19.9. The summed E-state index contributed by atoms with van der Waals surface area (Å²) < 4.78 is 16.5. The highest BCUT2D eigenvalue weighted by molar-refractivity contribution is 5.83. The Balaban J connectivity index is 1.88. The number of esters is 1. The molecule has 0 fully saturated rings. The molecule has 0 unspecified atom stereocenters. The first kappa shape index (κ1) is 19.7. The van der Waals surface area contributed by atoms with Gasteiger partial charge in [-0.2, -0.15) is 0 Å². The molecule has 0 saturated heterocycles. The van der Waals surface area contributed by atoms with Crippen LogP contribution >= 0.6 is 0 Å². The molecule has 0 bridgehead atoms. The minimum atomic E-state index is -0.394. The molecule has 0 aliphatic carbocycles. The number of hydrogen-bond acceptors (Lipinski definition) is 5. The molecule has 0 spiro atoms. The second-order valence-corrected chi connectivity index (χ2v) is 6.70. The van der Waals surface area contributed by atoms with Crippen LogP contribution in [0.4, 0.5) is 0 Å². The standard InChI is InChI=1S/C23H24O5/c1-3-11-26-22(24)10-9-18-13-19-16(2)12-23(25)28-21(19)14-20(18)27-15-17-7-5-4-6-8-17/h4-8,12-14H,3,9-11,15H2,1-2H3. The second kappa shape index (κ2) is 9.22. The molecule has 0 radical (unpaired) electrons. The Labute approximate surface area is 163 Å². The minimum absolute atomic E-state index is 0.229. The summed E-state index contributed by atoms with van der Waals surface area (Å²) >= 11 is 0. The molecule has 3 aromatic rings. The first-order valence-corrected chi connectivity index (χ1v) is 9.46. The van der Waals surface area contributed by atoms with Gasteiger partial charge in [0.1, 0.15) is 17.9 Å². The lowest BCUT2D eigenvalue weighted by Crippen LogP contribution is -2.08. The fraction of sp³-hybridized carbons (Fsp3) is 0.304. The molecular formula is C23H24O5. The molecule has 2 aromatic carbocycles. The van der Waals surface area contributed by atoms with Gasteiger partial charge in [-0.05, 0) is 42.5 Å². The quantitative estimate of drug-likeness (QED) is 0.423. The zero-order valence-corrected chi connectivity index (χ0v) is 16.2. The molecule has 1 heterocycles. The summed E-state index contributed by atoms with van der Waals surface area (Å²) in [5, 5.41) is 0.837. The zero-order valence-electron chi connectivity index (χ0n) is 16.2. The van der Waals surface area contributed by atoms with Crippen LogP contribution in [0.2, 0.25) is 0 Å². The monoisotopic (exact) mass is 380 g/mol. The number of hydrogen-bond donors (Lipinski definition) is 0. The van der Waals surface area contributed by atoms with E-state index in [4.69, 9.17) is 13.9 Å². The van der Waals surface area contributed by atoms with Crippen molar-refractivity contribution in [2.24, 2.45) is 0 Å². The van der Waals surface area contributed by atoms with Crippen molar-refractivity contribution < 1.29 is 18.7 Å². The molecule has 0 aliphatic heterocycles. The number of ether oxygens (including phenoxy) is 2. The van der Waals surface area contributed by atoms with E-state index < -0.39 is 5.63 Å². The number of benzene rings is 2. The maximum Gasteiger partial charge on any atom is 0.336 e. The van der Waals surface area contributed by atoms with Crippen molar-refractivity contribution in [2.45, 2.75) is 39.7 Å². The van der Waals surface area contributed by atoms with E-state index in [1.165, 1.54) is 6.07 Å². The first-order chi connectivity index (χ1) is 13.6. The number of fused-ring (bicyclic) bond motifs is 1. The minimum Gasteiger partial charge on any atom is -0.488 e. The smallest absolute Gasteiger partial charge is 0.336 e. The number of carbonyl (C=O) groups is 1. The third kappa shape index (κ3) is 5.00. The van der Waals surface area contributed by atoms with Crippen LogP contribution < -0.4 is 10.4 Å². The van der Waals surface area contributed by atoms with Gasteiger partial charge in [0, 0.05) is 23.9 Å². The Morgan fingerprint density at radius 3 is 2.64 bits per heavy atom. The van der Waals surface area contributed by atoms with Crippen molar-refractivity contribution in [2.75, 3.05) is 6.61 Å². The normalized spacial score (nSPS) is 10.8. The Morgan fingerprint density at radius 2 is 1.89 bits per heavy atom. The van der Waals surface area contributed by atoms with E-state index in [9.17, 15) is 9.59 Å². The largest absolute Gasteiger partial charge is 0.488 e. The van der Waals surface area contributed by atoms with Crippen LogP contribution in [0, 0.1) is 6.92 Å². The molecule has 0 amide bonds. The van der Waals surface area contributed by atoms with E-state index in [0.29, 0.717) is 31.0 Å². The summed E-state index contributed by atoms with van der Waals surface area (Å²) in [6.07, 6.45) is 1.55. The topological polar surface area (TPSA) is 65.7 Å². The average molecular weight is 380 g/mol. The van der Waals surface area contributed by atoms with Gasteiger partial charge in [-0.1, -0.05) is 37.3 Å². The Bertz CT molecular complexity index is 1000. The number of aryl methyl sites for hydroxylation is 2. The summed E-state index contributed by atoms with van der Waals surface area (Å²) in [6.45, 7) is 4.64. The molecule has 5 heteroatoms. The lowest BCUT2D eigenvalue weighted by Gasteiger charge is -2.13. The number of carbonyl (C=O) groups excluding carboxylic acids is 1. The lowest BCUT2D eigenvalue weighted by atomic mass is 10.0. The maximum absolute atomic E-state index is 11.9. The summed E-state index contributed by atoms with van der Waals surface area (Å²) in [6, 6.07) is 14.9. The SMILES string of the molecule is CCCOC(=O)CCc1cc2c(C)cc(=O)oc2cc1OCc1ccccc1. The molecule has 0 saturated carbocycles. The van der Waals surface area contributed by atoms with E-state index in [0.717, 1.165) is 28.5 Å². The van der Waals surface area contributed by atoms with E-state index in [-0.39, 0.29) is 12.4 Å². The van der Waals surface area contributed by atoms with Gasteiger partial charge in [-0.15, -0.1) is 0 Å². The predicted molar refractivity (Wildman–Crippen MR) is 108 cm³/mol. The van der Waals surface area contributed by atoms with Gasteiger partial charge in [-0.3, -0.25) is 4.79 Å². The van der Waals surface area contributed by atoms with Crippen molar-refractivity contribution in [3.05, 3.63) is 75.6 Å². The summed E-state index contributed by atoms with van der Waals surface area (Å²) in [4.78, 5) is 23.6. The molecule has 0 atom stereocenters. The molecule has 146 valence electrons. The summed E-state index contributed by atoms with van der Waals surface area (Å²) in [7, 11) is 0. The van der Waals surface area contributed by atoms with Crippen LogP contribution in [-0.2, 0) is 22.6 Å². The van der Waals surface area contributed by atoms with Gasteiger partial charge in [0.25, 0.3) is 0 Å². The van der Waals surface area contributed by atoms with E-state index >= 15 is 0 Å². The van der Waals surface area contributed by atoms with Crippen LogP contribution in [0.15, 0.2) is 57.7 Å². The fourth-order valence-corrected chi connectivity index (χ4v) is 2.98. The van der Waals surface area contributed by atoms with Gasteiger partial charge in [-0.25, -0.2) is 4.79 Å². The lowest BCUT2D eigenvalue weighted by molar-refractivity contribution is -0.143. The molecule has 0 aliphatic rings. The highest BCUT2D eigenvalue weighted by Gasteiger charge is 2.13. The molecule has 1 aromatic heterocycles. The Hall–Kier alpha value is -3.08.